The highest BCUT2D eigenvalue weighted by molar-refractivity contribution is 5.47. The van der Waals surface area contributed by atoms with Gasteiger partial charge in [-0.05, 0) is 44.0 Å². The van der Waals surface area contributed by atoms with Gasteiger partial charge in [0.15, 0.2) is 0 Å². The normalized spacial score (nSPS) is 24.4. The molecular weight excluding hydrogens is 190 g/mol. The topological polar surface area (TPSA) is 41.5 Å². The first-order valence-electron chi connectivity index (χ1n) is 5.47. The van der Waals surface area contributed by atoms with E-state index in [2.05, 4.69) is 5.32 Å². The number of hydrogen-bond acceptors (Lipinski definition) is 3. The summed E-state index contributed by atoms with van der Waals surface area (Å²) in [7, 11) is 0. The molecule has 0 saturated heterocycles. The van der Waals surface area contributed by atoms with E-state index >= 15 is 0 Å². The molecule has 15 heavy (non-hydrogen) atoms. The van der Waals surface area contributed by atoms with Gasteiger partial charge in [-0.2, -0.15) is 0 Å². The van der Waals surface area contributed by atoms with E-state index < -0.39 is 0 Å². The summed E-state index contributed by atoms with van der Waals surface area (Å²) in [5.74, 6) is 0.886. The molecule has 0 radical (unpaired) electrons. The van der Waals surface area contributed by atoms with Crippen molar-refractivity contribution in [2.24, 2.45) is 0 Å². The van der Waals surface area contributed by atoms with Crippen LogP contribution in [-0.2, 0) is 0 Å². The Labute approximate surface area is 90.1 Å². The molecule has 1 fully saturated rings. The Balaban J connectivity index is 1.92. The van der Waals surface area contributed by atoms with Gasteiger partial charge in [0.1, 0.15) is 5.75 Å². The Morgan fingerprint density at radius 2 is 2.07 bits per heavy atom. The molecule has 1 aliphatic carbocycles. The zero-order valence-electron chi connectivity index (χ0n) is 8.94. The highest BCUT2D eigenvalue weighted by atomic mass is 16.5. The Morgan fingerprint density at radius 3 is 2.53 bits per heavy atom. The second-order valence-electron chi connectivity index (χ2n) is 3.85. The van der Waals surface area contributed by atoms with E-state index in [1.54, 1.807) is 0 Å². The van der Waals surface area contributed by atoms with Crippen LogP contribution in [0.2, 0.25) is 0 Å². The molecule has 0 aromatic heterocycles. The first kappa shape index (κ1) is 10.3. The van der Waals surface area contributed by atoms with Crippen molar-refractivity contribution in [3.8, 4) is 5.75 Å². The van der Waals surface area contributed by atoms with E-state index in [0.29, 0.717) is 6.61 Å². The van der Waals surface area contributed by atoms with Gasteiger partial charge >= 0.3 is 0 Å². The van der Waals surface area contributed by atoms with Crippen LogP contribution in [0.3, 0.4) is 0 Å². The molecular formula is C12H17NO2. The van der Waals surface area contributed by atoms with Gasteiger partial charge in [-0.3, -0.25) is 0 Å². The number of hydrogen-bond donors (Lipinski definition) is 2. The molecule has 82 valence electrons. The van der Waals surface area contributed by atoms with Crippen molar-refractivity contribution in [3.63, 3.8) is 0 Å². The van der Waals surface area contributed by atoms with Crippen molar-refractivity contribution < 1.29 is 9.84 Å². The monoisotopic (exact) mass is 207 g/mol. The van der Waals surface area contributed by atoms with Gasteiger partial charge in [0.2, 0.25) is 0 Å². The zero-order chi connectivity index (χ0) is 10.7. The minimum Gasteiger partial charge on any atom is -0.494 e. The molecule has 1 aromatic rings. The molecule has 3 nitrogen and oxygen atoms in total. The second-order valence-corrected chi connectivity index (χ2v) is 3.85. The highest BCUT2D eigenvalue weighted by Crippen LogP contribution is 2.25. The lowest BCUT2D eigenvalue weighted by molar-refractivity contribution is 0.0786. The van der Waals surface area contributed by atoms with Gasteiger partial charge in [0, 0.05) is 5.69 Å². The average Bonchev–Trinajstić information content (AvgIpc) is 2.26. The lowest BCUT2D eigenvalue weighted by atomic mass is 9.89. The summed E-state index contributed by atoms with van der Waals surface area (Å²) in [6.07, 6.45) is 1.78. The first-order chi connectivity index (χ1) is 7.29. The van der Waals surface area contributed by atoms with Gasteiger partial charge in [0.25, 0.3) is 0 Å². The van der Waals surface area contributed by atoms with Crippen LogP contribution in [-0.4, -0.2) is 23.9 Å². The van der Waals surface area contributed by atoms with Crippen molar-refractivity contribution in [2.45, 2.75) is 31.9 Å². The van der Waals surface area contributed by atoms with Gasteiger partial charge < -0.3 is 15.2 Å². The molecule has 2 N–H and O–H groups in total. The molecule has 0 aliphatic heterocycles. The number of rotatable bonds is 4. The fourth-order valence-electron chi connectivity index (χ4n) is 1.68. The minimum atomic E-state index is -0.184. The molecule has 1 saturated carbocycles. The van der Waals surface area contributed by atoms with Crippen LogP contribution in [0.25, 0.3) is 0 Å². The van der Waals surface area contributed by atoms with E-state index in [-0.39, 0.29) is 12.1 Å². The van der Waals surface area contributed by atoms with Crippen LogP contribution in [0, 0.1) is 0 Å². The van der Waals surface area contributed by atoms with Crippen LogP contribution in [0.5, 0.6) is 5.75 Å². The largest absolute Gasteiger partial charge is 0.494 e. The predicted molar refractivity (Wildman–Crippen MR) is 60.3 cm³/mol. The number of benzene rings is 1. The van der Waals surface area contributed by atoms with Crippen molar-refractivity contribution in [1.29, 1.82) is 0 Å². The molecule has 0 unspecified atom stereocenters. The second kappa shape index (κ2) is 4.53. The van der Waals surface area contributed by atoms with Gasteiger partial charge in [-0.1, -0.05) is 0 Å². The molecule has 0 amide bonds. The van der Waals surface area contributed by atoms with Crippen LogP contribution < -0.4 is 10.1 Å². The summed E-state index contributed by atoms with van der Waals surface area (Å²) in [4.78, 5) is 0. The number of ether oxygens (including phenoxy) is 1. The smallest absolute Gasteiger partial charge is 0.119 e. The zero-order valence-corrected chi connectivity index (χ0v) is 8.94. The molecule has 1 aromatic carbocycles. The molecule has 3 heteroatoms. The third-order valence-electron chi connectivity index (χ3n) is 2.76. The Bertz CT molecular complexity index is 310. The summed E-state index contributed by atoms with van der Waals surface area (Å²) in [5.41, 5.74) is 1.04. The average molecular weight is 207 g/mol. The van der Waals surface area contributed by atoms with Gasteiger partial charge in [-0.15, -0.1) is 0 Å². The van der Waals surface area contributed by atoms with Crippen LogP contribution >= 0.6 is 0 Å². The maximum atomic E-state index is 9.42. The maximum absolute atomic E-state index is 9.42. The summed E-state index contributed by atoms with van der Waals surface area (Å²) in [6.45, 7) is 2.66. The van der Waals surface area contributed by atoms with Gasteiger partial charge in [0.05, 0.1) is 18.8 Å². The van der Waals surface area contributed by atoms with Crippen LogP contribution in [0.1, 0.15) is 19.8 Å². The van der Waals surface area contributed by atoms with E-state index in [0.717, 1.165) is 24.3 Å². The standard InChI is InChI=1S/C12H17NO2/c1-2-15-10-5-3-9(4-6-10)13-11-7-8-12(11)14/h3-6,11-14H,2,7-8H2,1H3/t11-,12-/m1/s1. The number of aliphatic hydroxyl groups excluding tert-OH is 1. The third kappa shape index (κ3) is 2.42. The van der Waals surface area contributed by atoms with Crippen molar-refractivity contribution in [1.82, 2.24) is 0 Å². The van der Waals surface area contributed by atoms with Crippen molar-refractivity contribution in [2.75, 3.05) is 11.9 Å². The summed E-state index contributed by atoms with van der Waals surface area (Å²) in [5, 5.41) is 12.7. The quantitative estimate of drug-likeness (QED) is 0.793. The number of anilines is 1. The van der Waals surface area contributed by atoms with Gasteiger partial charge in [-0.25, -0.2) is 0 Å². The Hall–Kier alpha value is -1.22. The number of aliphatic hydroxyl groups is 1. The SMILES string of the molecule is CCOc1ccc(N[C@@H]2CC[C@H]2O)cc1. The van der Waals surface area contributed by atoms with E-state index in [9.17, 15) is 5.11 Å². The van der Waals surface area contributed by atoms with Crippen LogP contribution in [0.4, 0.5) is 5.69 Å². The van der Waals surface area contributed by atoms with E-state index in [4.69, 9.17) is 4.74 Å². The maximum Gasteiger partial charge on any atom is 0.119 e. The van der Waals surface area contributed by atoms with Crippen molar-refractivity contribution in [3.05, 3.63) is 24.3 Å². The Kier molecular flexibility index (Phi) is 3.11. The van der Waals surface area contributed by atoms with E-state index in [1.165, 1.54) is 0 Å². The molecule has 0 heterocycles. The third-order valence-corrected chi connectivity index (χ3v) is 2.76. The molecule has 2 atom stereocenters. The fraction of sp³-hybridized carbons (Fsp3) is 0.500. The van der Waals surface area contributed by atoms with Crippen molar-refractivity contribution >= 4 is 5.69 Å². The predicted octanol–water partition coefficient (Wildman–Crippen LogP) is 2.02. The molecule has 0 spiro atoms. The molecule has 2 rings (SSSR count). The number of nitrogens with one attached hydrogen (secondary N) is 1. The molecule has 1 aliphatic rings. The van der Waals surface area contributed by atoms with E-state index in [1.807, 2.05) is 31.2 Å². The minimum absolute atomic E-state index is 0.184. The highest BCUT2D eigenvalue weighted by Gasteiger charge is 2.28. The summed E-state index contributed by atoms with van der Waals surface area (Å²) in [6, 6.07) is 8.07. The summed E-state index contributed by atoms with van der Waals surface area (Å²) >= 11 is 0. The van der Waals surface area contributed by atoms with Crippen LogP contribution in [0.15, 0.2) is 24.3 Å². The first-order valence-corrected chi connectivity index (χ1v) is 5.47. The molecule has 0 bridgehead atoms. The lowest BCUT2D eigenvalue weighted by Gasteiger charge is -2.33. The Morgan fingerprint density at radius 1 is 1.33 bits per heavy atom. The lowest BCUT2D eigenvalue weighted by Crippen LogP contribution is -2.42. The summed E-state index contributed by atoms with van der Waals surface area (Å²) < 4.78 is 5.35. The fourth-order valence-corrected chi connectivity index (χ4v) is 1.68.